The van der Waals surface area contributed by atoms with E-state index in [9.17, 15) is 0 Å². The van der Waals surface area contributed by atoms with Gasteiger partial charge in [0.1, 0.15) is 0 Å². The van der Waals surface area contributed by atoms with Gasteiger partial charge in [0.05, 0.1) is 12.2 Å². The van der Waals surface area contributed by atoms with E-state index in [4.69, 9.17) is 4.74 Å². The topological polar surface area (TPSA) is 9.23 Å². The third-order valence-corrected chi connectivity index (χ3v) is 4.81. The summed E-state index contributed by atoms with van der Waals surface area (Å²) in [7, 11) is 0. The van der Waals surface area contributed by atoms with Crippen LogP contribution in [0, 0.1) is 5.92 Å². The Kier molecular flexibility index (Phi) is 4.40. The third-order valence-electron chi connectivity index (χ3n) is 4.81. The Bertz CT molecular complexity index is 478. The average molecular weight is 268 g/mol. The zero-order valence-electron chi connectivity index (χ0n) is 12.2. The molecule has 1 aromatic rings. The maximum absolute atomic E-state index is 6.48. The lowest BCUT2D eigenvalue weighted by Gasteiger charge is -2.38. The largest absolute Gasteiger partial charge is 0.365 e. The number of rotatable bonds is 2. The fraction of sp³-hybridized carbons (Fsp3) is 0.526. The minimum absolute atomic E-state index is 0.250. The van der Waals surface area contributed by atoms with E-state index >= 15 is 0 Å². The standard InChI is InChI=1S/C19H24O/c1-2-15-13-14-18(16-9-5-3-6-10-16)20-19(15)17-11-7-4-8-12-17/h3,5-6,9-10,17-19H,1,4,7-8,11-14H2/t18-,19+/m1/s1. The molecule has 1 aliphatic carbocycles. The van der Waals surface area contributed by atoms with Gasteiger partial charge >= 0.3 is 0 Å². The molecule has 0 bridgehead atoms. The summed E-state index contributed by atoms with van der Waals surface area (Å²) in [5.74, 6) is 0.680. The first kappa shape index (κ1) is 13.7. The van der Waals surface area contributed by atoms with Crippen LogP contribution in [0.15, 0.2) is 48.2 Å². The van der Waals surface area contributed by atoms with E-state index in [1.807, 2.05) is 0 Å². The van der Waals surface area contributed by atoms with Crippen molar-refractivity contribution in [1.29, 1.82) is 0 Å². The lowest BCUT2D eigenvalue weighted by molar-refractivity contribution is -0.0555. The first-order valence-electron chi connectivity index (χ1n) is 7.97. The Balaban J connectivity index is 1.77. The average Bonchev–Trinajstić information content (AvgIpc) is 2.56. The third kappa shape index (κ3) is 2.90. The molecule has 0 N–H and O–H groups in total. The molecule has 2 atom stereocenters. The Hall–Kier alpha value is -1.30. The summed E-state index contributed by atoms with van der Waals surface area (Å²) in [4.78, 5) is 0. The minimum Gasteiger partial charge on any atom is -0.365 e. The maximum atomic E-state index is 6.48. The molecule has 1 heteroatoms. The first-order chi connectivity index (χ1) is 9.88. The number of hydrogen-bond donors (Lipinski definition) is 0. The summed E-state index contributed by atoms with van der Waals surface area (Å²) >= 11 is 0. The van der Waals surface area contributed by atoms with Crippen LogP contribution in [0.25, 0.3) is 0 Å². The molecule has 1 aromatic carbocycles. The molecule has 1 aliphatic heterocycles. The van der Waals surface area contributed by atoms with Crippen molar-refractivity contribution in [3.8, 4) is 0 Å². The molecule has 0 unspecified atom stereocenters. The van der Waals surface area contributed by atoms with E-state index in [2.05, 4.69) is 42.6 Å². The molecule has 3 rings (SSSR count). The van der Waals surface area contributed by atoms with E-state index in [0.717, 1.165) is 12.8 Å². The van der Waals surface area contributed by atoms with E-state index in [1.54, 1.807) is 0 Å². The monoisotopic (exact) mass is 268 g/mol. The van der Waals surface area contributed by atoms with Crippen LogP contribution in [0.1, 0.15) is 56.6 Å². The van der Waals surface area contributed by atoms with E-state index in [0.29, 0.717) is 5.92 Å². The Morgan fingerprint density at radius 3 is 2.45 bits per heavy atom. The highest BCUT2D eigenvalue weighted by molar-refractivity contribution is 5.21. The van der Waals surface area contributed by atoms with Gasteiger partial charge in [-0.2, -0.15) is 0 Å². The van der Waals surface area contributed by atoms with E-state index < -0.39 is 0 Å². The molecule has 1 heterocycles. The Morgan fingerprint density at radius 2 is 1.75 bits per heavy atom. The van der Waals surface area contributed by atoms with E-state index in [1.165, 1.54) is 43.2 Å². The first-order valence-corrected chi connectivity index (χ1v) is 7.97. The predicted octanol–water partition coefficient (Wildman–Crippen LogP) is 5.20. The normalized spacial score (nSPS) is 28.1. The van der Waals surface area contributed by atoms with Crippen LogP contribution in [0.5, 0.6) is 0 Å². The van der Waals surface area contributed by atoms with Crippen molar-refractivity contribution in [2.45, 2.75) is 57.2 Å². The van der Waals surface area contributed by atoms with Gasteiger partial charge < -0.3 is 4.74 Å². The van der Waals surface area contributed by atoms with Crippen LogP contribution in [0.3, 0.4) is 0 Å². The highest BCUT2D eigenvalue weighted by Gasteiger charge is 2.33. The quantitative estimate of drug-likeness (QED) is 0.670. The van der Waals surface area contributed by atoms with Crippen LogP contribution in [0.2, 0.25) is 0 Å². The number of hydrogen-bond acceptors (Lipinski definition) is 1. The van der Waals surface area contributed by atoms with Crippen LogP contribution >= 0.6 is 0 Å². The van der Waals surface area contributed by atoms with Crippen molar-refractivity contribution in [1.82, 2.24) is 0 Å². The summed E-state index contributed by atoms with van der Waals surface area (Å²) < 4.78 is 6.48. The predicted molar refractivity (Wildman–Crippen MR) is 82.5 cm³/mol. The molecule has 106 valence electrons. The highest BCUT2D eigenvalue weighted by atomic mass is 16.5. The van der Waals surface area contributed by atoms with Gasteiger partial charge in [-0.05, 0) is 37.2 Å². The SMILES string of the molecule is C=C=C1CC[C@H](c2ccccc2)O[C@@H]1C1CCCCC1. The van der Waals surface area contributed by atoms with Crippen molar-refractivity contribution >= 4 is 0 Å². The van der Waals surface area contributed by atoms with Crippen molar-refractivity contribution in [2.75, 3.05) is 0 Å². The molecule has 0 spiro atoms. The van der Waals surface area contributed by atoms with Gasteiger partial charge in [-0.3, -0.25) is 0 Å². The lowest BCUT2D eigenvalue weighted by Crippen LogP contribution is -2.33. The molecule has 1 nitrogen and oxygen atoms in total. The second kappa shape index (κ2) is 6.43. The minimum atomic E-state index is 0.250. The molecular weight excluding hydrogens is 244 g/mol. The van der Waals surface area contributed by atoms with Crippen molar-refractivity contribution in [3.05, 3.63) is 53.8 Å². The van der Waals surface area contributed by atoms with Gasteiger partial charge in [-0.15, -0.1) is 5.73 Å². The molecule has 1 saturated heterocycles. The maximum Gasteiger partial charge on any atom is 0.0894 e. The highest BCUT2D eigenvalue weighted by Crippen LogP contribution is 2.40. The summed E-state index contributed by atoms with van der Waals surface area (Å²) in [6.07, 6.45) is 9.35. The second-order valence-corrected chi connectivity index (χ2v) is 6.09. The molecule has 0 amide bonds. The van der Waals surface area contributed by atoms with E-state index in [-0.39, 0.29) is 12.2 Å². The van der Waals surface area contributed by atoms with Gasteiger partial charge in [0.15, 0.2) is 0 Å². The van der Waals surface area contributed by atoms with Crippen LogP contribution in [0.4, 0.5) is 0 Å². The Morgan fingerprint density at radius 1 is 1.00 bits per heavy atom. The molecule has 20 heavy (non-hydrogen) atoms. The lowest BCUT2D eigenvalue weighted by atomic mass is 9.80. The molecular formula is C19H24O. The van der Waals surface area contributed by atoms with Gasteiger partial charge in [0.2, 0.25) is 0 Å². The van der Waals surface area contributed by atoms with Crippen molar-refractivity contribution in [3.63, 3.8) is 0 Å². The summed E-state index contributed by atoms with van der Waals surface area (Å²) in [6, 6.07) is 10.6. The molecule has 2 fully saturated rings. The zero-order chi connectivity index (χ0) is 13.8. The summed E-state index contributed by atoms with van der Waals surface area (Å²) in [5.41, 5.74) is 5.79. The summed E-state index contributed by atoms with van der Waals surface area (Å²) in [6.45, 7) is 3.89. The van der Waals surface area contributed by atoms with Gasteiger partial charge in [0.25, 0.3) is 0 Å². The smallest absolute Gasteiger partial charge is 0.0894 e. The van der Waals surface area contributed by atoms with Crippen LogP contribution < -0.4 is 0 Å². The molecule has 2 aliphatic rings. The fourth-order valence-corrected chi connectivity index (χ4v) is 3.69. The number of ether oxygens (including phenoxy) is 1. The second-order valence-electron chi connectivity index (χ2n) is 6.09. The van der Waals surface area contributed by atoms with Gasteiger partial charge in [-0.1, -0.05) is 56.2 Å². The van der Waals surface area contributed by atoms with Gasteiger partial charge in [0, 0.05) is 5.57 Å². The molecule has 0 radical (unpaired) electrons. The van der Waals surface area contributed by atoms with Crippen molar-refractivity contribution in [2.24, 2.45) is 5.92 Å². The van der Waals surface area contributed by atoms with Gasteiger partial charge in [-0.25, -0.2) is 0 Å². The number of benzene rings is 1. The van der Waals surface area contributed by atoms with Crippen LogP contribution in [-0.4, -0.2) is 6.10 Å². The Labute approximate surface area is 122 Å². The molecule has 0 aromatic heterocycles. The molecule has 1 saturated carbocycles. The van der Waals surface area contributed by atoms with Crippen LogP contribution in [-0.2, 0) is 4.74 Å². The summed E-state index contributed by atoms with van der Waals surface area (Å²) in [5, 5.41) is 0. The fourth-order valence-electron chi connectivity index (χ4n) is 3.69. The van der Waals surface area contributed by atoms with Crippen molar-refractivity contribution < 1.29 is 4.74 Å². The zero-order valence-corrected chi connectivity index (χ0v) is 12.2.